The Morgan fingerprint density at radius 2 is 1.56 bits per heavy atom. The molecule has 1 heterocycles. The maximum absolute atomic E-state index is 13.6. The number of amides is 1. The summed E-state index contributed by atoms with van der Waals surface area (Å²) in [5.74, 6) is -0.985. The Balaban J connectivity index is 1.85. The van der Waals surface area contributed by atoms with Crippen LogP contribution < -0.4 is 20.5 Å². The molecule has 32 heavy (non-hydrogen) atoms. The largest absolute Gasteiger partial charge is 0.465 e. The number of esters is 1. The zero-order chi connectivity index (χ0) is 23.5. The summed E-state index contributed by atoms with van der Waals surface area (Å²) in [6, 6.07) is 12.5. The maximum Gasteiger partial charge on any atom is 0.337 e. The second-order valence-electron chi connectivity index (χ2n) is 7.83. The number of benzene rings is 2. The maximum atomic E-state index is 13.6. The van der Waals surface area contributed by atoms with E-state index in [-0.39, 0.29) is 18.6 Å². The van der Waals surface area contributed by atoms with Crippen LogP contribution in [0, 0.1) is 6.92 Å². The second-order valence-corrected chi connectivity index (χ2v) is 9.85. The number of sulfonamides is 1. The van der Waals surface area contributed by atoms with Gasteiger partial charge in [-0.2, -0.15) is 0 Å². The molecule has 172 valence electrons. The van der Waals surface area contributed by atoms with Gasteiger partial charge in [0.15, 0.2) is 0 Å². The number of carbonyl (C=O) groups excluding carboxylic acids is 2. The van der Waals surface area contributed by atoms with Gasteiger partial charge in [0.25, 0.3) is 0 Å². The van der Waals surface area contributed by atoms with Gasteiger partial charge in [-0.1, -0.05) is 17.7 Å². The van der Waals surface area contributed by atoms with E-state index in [4.69, 9.17) is 0 Å². The monoisotopic (exact) mass is 460 g/mol. The van der Waals surface area contributed by atoms with Crippen LogP contribution in [0.5, 0.6) is 0 Å². The van der Waals surface area contributed by atoms with Gasteiger partial charge in [-0.15, -0.1) is 0 Å². The fraction of sp³-hybridized carbons (Fsp3) is 0.364. The van der Waals surface area contributed by atoms with Crippen LogP contribution >= 0.6 is 0 Å². The minimum absolute atomic E-state index is 0.336. The van der Waals surface area contributed by atoms with Crippen molar-refractivity contribution < 1.29 is 22.7 Å². The summed E-state index contributed by atoms with van der Waals surface area (Å²) in [5, 5.41) is 1.94. The normalized spacial score (nSPS) is 20.6. The smallest absolute Gasteiger partial charge is 0.337 e. The number of nitrogens with one attached hydrogen (secondary N) is 3. The minimum atomic E-state index is -3.89. The van der Waals surface area contributed by atoms with Crippen LogP contribution in [0.25, 0.3) is 0 Å². The van der Waals surface area contributed by atoms with Crippen LogP contribution in [0.4, 0.5) is 11.4 Å². The molecule has 0 saturated carbocycles. The Hall–Kier alpha value is -2.95. The topological polar surface area (TPSA) is 117 Å². The van der Waals surface area contributed by atoms with E-state index in [1.54, 1.807) is 50.2 Å². The molecule has 0 aliphatic carbocycles. The lowest BCUT2D eigenvalue weighted by Crippen LogP contribution is -2.49. The molecule has 0 spiro atoms. The van der Waals surface area contributed by atoms with Crippen LogP contribution in [0.3, 0.4) is 0 Å². The summed E-state index contributed by atoms with van der Waals surface area (Å²) >= 11 is 0. The molecule has 0 bridgehead atoms. The number of aryl methyl sites for hydroxylation is 1. The van der Waals surface area contributed by atoms with E-state index >= 15 is 0 Å². The van der Waals surface area contributed by atoms with Crippen molar-refractivity contribution in [3.05, 3.63) is 59.7 Å². The highest BCUT2D eigenvalue weighted by molar-refractivity contribution is 7.93. The molecule has 0 aromatic heterocycles. The van der Waals surface area contributed by atoms with E-state index < -0.39 is 27.1 Å². The summed E-state index contributed by atoms with van der Waals surface area (Å²) in [5.41, 5.74) is 8.10. The Kier molecular flexibility index (Phi) is 7.17. The molecule has 3 rings (SSSR count). The van der Waals surface area contributed by atoms with Gasteiger partial charge in [0.05, 0.1) is 18.4 Å². The number of hydrogen-bond acceptors (Lipinski definition) is 7. The molecule has 1 aliphatic heterocycles. The van der Waals surface area contributed by atoms with Gasteiger partial charge in [-0.05, 0) is 57.2 Å². The van der Waals surface area contributed by atoms with Crippen molar-refractivity contribution in [3.8, 4) is 0 Å². The first-order valence-electron chi connectivity index (χ1n) is 10.2. The van der Waals surface area contributed by atoms with Crippen molar-refractivity contribution in [2.24, 2.45) is 0 Å². The quantitative estimate of drug-likeness (QED) is 0.540. The SMILES string of the molecule is COC(=O)c1ccc(NC(=O)CN(c2ccc(C)cc2)S(=O)(=O)C2C(C)NNC2C)cc1. The zero-order valence-electron chi connectivity index (χ0n) is 18.5. The van der Waals surface area contributed by atoms with Gasteiger partial charge < -0.3 is 10.1 Å². The Morgan fingerprint density at radius 1 is 1.00 bits per heavy atom. The molecule has 1 amide bonds. The fourth-order valence-electron chi connectivity index (χ4n) is 3.70. The van der Waals surface area contributed by atoms with Crippen molar-refractivity contribution in [2.45, 2.75) is 38.1 Å². The Morgan fingerprint density at radius 3 is 2.09 bits per heavy atom. The van der Waals surface area contributed by atoms with E-state index in [0.29, 0.717) is 16.9 Å². The summed E-state index contributed by atoms with van der Waals surface area (Å²) < 4.78 is 33.0. The highest BCUT2D eigenvalue weighted by Crippen LogP contribution is 2.26. The van der Waals surface area contributed by atoms with Crippen molar-refractivity contribution in [3.63, 3.8) is 0 Å². The third-order valence-electron chi connectivity index (χ3n) is 5.37. The van der Waals surface area contributed by atoms with E-state index in [9.17, 15) is 18.0 Å². The van der Waals surface area contributed by atoms with E-state index in [1.165, 1.54) is 19.2 Å². The van der Waals surface area contributed by atoms with Crippen molar-refractivity contribution >= 4 is 33.3 Å². The number of ether oxygens (including phenoxy) is 1. The molecule has 1 fully saturated rings. The summed E-state index contributed by atoms with van der Waals surface area (Å²) in [4.78, 5) is 24.4. The average Bonchev–Trinajstić information content (AvgIpc) is 3.11. The number of anilines is 2. The van der Waals surface area contributed by atoms with Gasteiger partial charge in [0, 0.05) is 17.8 Å². The number of hydrazine groups is 1. The molecular formula is C22H28N4O5S. The molecule has 3 N–H and O–H groups in total. The van der Waals surface area contributed by atoms with Crippen molar-refractivity contribution in [2.75, 3.05) is 23.3 Å². The lowest BCUT2D eigenvalue weighted by Gasteiger charge is -2.30. The first-order chi connectivity index (χ1) is 15.1. The minimum Gasteiger partial charge on any atom is -0.465 e. The van der Waals surface area contributed by atoms with Crippen molar-refractivity contribution in [1.29, 1.82) is 0 Å². The first kappa shape index (κ1) is 23.7. The molecule has 2 unspecified atom stereocenters. The van der Waals surface area contributed by atoms with E-state index in [1.807, 2.05) is 6.92 Å². The Bertz CT molecular complexity index is 1060. The molecule has 2 aromatic rings. The lowest BCUT2D eigenvalue weighted by molar-refractivity contribution is -0.114. The number of methoxy groups -OCH3 is 1. The molecule has 2 aromatic carbocycles. The highest BCUT2D eigenvalue weighted by atomic mass is 32.2. The van der Waals surface area contributed by atoms with Gasteiger partial charge in [0.2, 0.25) is 15.9 Å². The van der Waals surface area contributed by atoms with Crippen LogP contribution in [-0.4, -0.2) is 51.3 Å². The summed E-state index contributed by atoms with van der Waals surface area (Å²) in [7, 11) is -2.60. The number of carbonyl (C=O) groups is 2. The first-order valence-corrected chi connectivity index (χ1v) is 11.7. The fourth-order valence-corrected chi connectivity index (χ4v) is 5.88. The third-order valence-corrected chi connectivity index (χ3v) is 7.83. The highest BCUT2D eigenvalue weighted by Gasteiger charge is 2.44. The number of rotatable bonds is 7. The molecule has 1 aliphatic rings. The Labute approximate surface area is 188 Å². The molecule has 9 nitrogen and oxygen atoms in total. The number of hydrogen-bond donors (Lipinski definition) is 3. The lowest BCUT2D eigenvalue weighted by atomic mass is 10.2. The van der Waals surface area contributed by atoms with Gasteiger partial charge in [-0.25, -0.2) is 13.2 Å². The molecule has 2 atom stereocenters. The van der Waals surface area contributed by atoms with Crippen LogP contribution in [-0.2, 0) is 19.6 Å². The number of nitrogens with zero attached hydrogens (tertiary/aromatic N) is 1. The summed E-state index contributed by atoms with van der Waals surface area (Å²) in [6.45, 7) is 5.09. The summed E-state index contributed by atoms with van der Waals surface area (Å²) in [6.07, 6.45) is 0. The van der Waals surface area contributed by atoms with Gasteiger partial charge in [-0.3, -0.25) is 20.0 Å². The van der Waals surface area contributed by atoms with Crippen LogP contribution in [0.1, 0.15) is 29.8 Å². The van der Waals surface area contributed by atoms with E-state index in [2.05, 4.69) is 20.9 Å². The molecular weight excluding hydrogens is 432 g/mol. The van der Waals surface area contributed by atoms with Crippen LogP contribution in [0.2, 0.25) is 0 Å². The molecule has 0 radical (unpaired) electrons. The zero-order valence-corrected chi connectivity index (χ0v) is 19.3. The standard InChI is InChI=1S/C22H28N4O5S/c1-14-5-11-19(12-6-14)26(32(29,30)21-15(2)24-25-16(21)3)13-20(27)23-18-9-7-17(8-10-18)22(28)31-4/h5-12,15-16,21,24-25H,13H2,1-4H3,(H,23,27). The third kappa shape index (κ3) is 5.09. The molecule has 1 saturated heterocycles. The predicted molar refractivity (Wildman–Crippen MR) is 123 cm³/mol. The van der Waals surface area contributed by atoms with E-state index in [0.717, 1.165) is 9.87 Å². The van der Waals surface area contributed by atoms with Crippen LogP contribution in [0.15, 0.2) is 48.5 Å². The second kappa shape index (κ2) is 9.68. The molecule has 10 heteroatoms. The predicted octanol–water partition coefficient (Wildman–Crippen LogP) is 1.81. The van der Waals surface area contributed by atoms with Gasteiger partial charge >= 0.3 is 5.97 Å². The average molecular weight is 461 g/mol. The van der Waals surface area contributed by atoms with Crippen molar-refractivity contribution in [1.82, 2.24) is 10.9 Å². The van der Waals surface area contributed by atoms with Gasteiger partial charge in [0.1, 0.15) is 11.8 Å².